The van der Waals surface area contributed by atoms with Crippen molar-refractivity contribution in [2.75, 3.05) is 26.3 Å². The molecule has 10 heteroatoms. The molecule has 1 saturated heterocycles. The molecule has 1 heterocycles. The molecule has 1 fully saturated rings. The Kier molecular flexibility index (Phi) is 7.57. The molecule has 162 valence electrons. The lowest BCUT2D eigenvalue weighted by molar-refractivity contribution is -0.150. The van der Waals surface area contributed by atoms with Gasteiger partial charge in [0.1, 0.15) is 29.7 Å². The molecule has 0 unspecified atom stereocenters. The van der Waals surface area contributed by atoms with E-state index in [1.807, 2.05) is 0 Å². The first kappa shape index (κ1) is 22.8. The van der Waals surface area contributed by atoms with E-state index in [0.29, 0.717) is 28.6 Å². The van der Waals surface area contributed by atoms with Gasteiger partial charge in [0, 0.05) is 18.1 Å². The van der Waals surface area contributed by atoms with Crippen LogP contribution in [0.1, 0.15) is 12.8 Å². The highest BCUT2D eigenvalue weighted by Gasteiger charge is 2.34. The van der Waals surface area contributed by atoms with Crippen molar-refractivity contribution in [3.63, 3.8) is 0 Å². The van der Waals surface area contributed by atoms with Gasteiger partial charge in [0.05, 0.1) is 10.9 Å². The number of piperidine rings is 1. The Balaban J connectivity index is 1.45. The second-order valence-electron chi connectivity index (χ2n) is 6.70. The van der Waals surface area contributed by atoms with Gasteiger partial charge in [-0.1, -0.05) is 35.3 Å². The van der Waals surface area contributed by atoms with E-state index >= 15 is 0 Å². The van der Waals surface area contributed by atoms with Gasteiger partial charge >= 0.3 is 5.97 Å². The quantitative estimate of drug-likeness (QED) is 0.444. The Morgan fingerprint density at radius 2 is 1.80 bits per heavy atom. The van der Waals surface area contributed by atoms with Gasteiger partial charge in [0.25, 0.3) is 0 Å². The monoisotopic (exact) mass is 475 g/mol. The van der Waals surface area contributed by atoms with Crippen molar-refractivity contribution in [1.82, 2.24) is 4.31 Å². The Morgan fingerprint density at radius 1 is 1.10 bits per heavy atom. The van der Waals surface area contributed by atoms with Crippen molar-refractivity contribution >= 4 is 39.2 Å². The van der Waals surface area contributed by atoms with Crippen molar-refractivity contribution in [1.29, 1.82) is 0 Å². The van der Waals surface area contributed by atoms with Crippen LogP contribution in [0.2, 0.25) is 10.0 Å². The molecule has 0 saturated carbocycles. The number of benzene rings is 2. The Morgan fingerprint density at radius 3 is 2.47 bits per heavy atom. The SMILES string of the molecule is O=C(OCCOc1ccc(Cl)cc1Cl)C1CCN(S(=O)(=O)c2ccccc2F)CC1. The molecule has 2 aromatic carbocycles. The van der Waals surface area contributed by atoms with Crippen molar-refractivity contribution in [2.24, 2.45) is 5.92 Å². The largest absolute Gasteiger partial charge is 0.488 e. The van der Waals surface area contributed by atoms with E-state index in [1.54, 1.807) is 18.2 Å². The number of halogens is 3. The average Bonchev–Trinajstić information content (AvgIpc) is 2.72. The summed E-state index contributed by atoms with van der Waals surface area (Å²) in [5.74, 6) is -1.19. The number of carbonyl (C=O) groups is 1. The number of sulfonamides is 1. The number of rotatable bonds is 7. The molecule has 1 aliphatic rings. The third kappa shape index (κ3) is 5.43. The zero-order chi connectivity index (χ0) is 21.7. The fraction of sp³-hybridized carbons (Fsp3) is 0.350. The van der Waals surface area contributed by atoms with Crippen LogP contribution in [-0.4, -0.2) is 45.0 Å². The van der Waals surface area contributed by atoms with E-state index < -0.39 is 27.7 Å². The minimum absolute atomic E-state index is 0.0333. The summed E-state index contributed by atoms with van der Waals surface area (Å²) in [6.45, 7) is 0.389. The van der Waals surface area contributed by atoms with Crippen LogP contribution in [0.4, 0.5) is 4.39 Å². The van der Waals surface area contributed by atoms with E-state index in [2.05, 4.69) is 0 Å². The van der Waals surface area contributed by atoms with Gasteiger partial charge in [0.15, 0.2) is 0 Å². The number of ether oxygens (including phenoxy) is 2. The number of hydrogen-bond acceptors (Lipinski definition) is 5. The zero-order valence-electron chi connectivity index (χ0n) is 15.9. The second kappa shape index (κ2) is 9.96. The lowest BCUT2D eigenvalue weighted by Crippen LogP contribution is -2.41. The van der Waals surface area contributed by atoms with Gasteiger partial charge in [-0.2, -0.15) is 4.31 Å². The molecule has 0 amide bonds. The molecule has 6 nitrogen and oxygen atoms in total. The Bertz CT molecular complexity index is 1010. The van der Waals surface area contributed by atoms with Crippen molar-refractivity contribution in [3.05, 3.63) is 58.3 Å². The number of esters is 1. The van der Waals surface area contributed by atoms with Crippen LogP contribution in [0.25, 0.3) is 0 Å². The molecule has 0 radical (unpaired) electrons. The average molecular weight is 476 g/mol. The fourth-order valence-electron chi connectivity index (χ4n) is 3.13. The normalized spacial score (nSPS) is 15.7. The summed E-state index contributed by atoms with van der Waals surface area (Å²) in [6.07, 6.45) is 0.604. The van der Waals surface area contributed by atoms with Crippen LogP contribution in [0.15, 0.2) is 47.4 Å². The van der Waals surface area contributed by atoms with Gasteiger partial charge in [-0.05, 0) is 43.2 Å². The molecule has 0 atom stereocenters. The van der Waals surface area contributed by atoms with Crippen molar-refractivity contribution < 1.29 is 27.1 Å². The highest BCUT2D eigenvalue weighted by atomic mass is 35.5. The lowest BCUT2D eigenvalue weighted by atomic mass is 9.98. The summed E-state index contributed by atoms with van der Waals surface area (Å²) in [5.41, 5.74) is 0. The maximum atomic E-state index is 13.9. The van der Waals surface area contributed by atoms with Crippen LogP contribution >= 0.6 is 23.2 Å². The van der Waals surface area contributed by atoms with Crippen LogP contribution in [0.3, 0.4) is 0 Å². The Hall–Kier alpha value is -1.87. The first-order valence-electron chi connectivity index (χ1n) is 9.28. The van der Waals surface area contributed by atoms with Crippen molar-refractivity contribution in [3.8, 4) is 5.75 Å². The van der Waals surface area contributed by atoms with Gasteiger partial charge in [-0.15, -0.1) is 0 Å². The molecule has 30 heavy (non-hydrogen) atoms. The Labute approximate surface area is 184 Å². The van der Waals surface area contributed by atoms with E-state index in [1.165, 1.54) is 22.5 Å². The number of carbonyl (C=O) groups excluding carboxylic acids is 1. The molecule has 0 bridgehead atoms. The maximum Gasteiger partial charge on any atom is 0.309 e. The van der Waals surface area contributed by atoms with Crippen molar-refractivity contribution in [2.45, 2.75) is 17.7 Å². The minimum Gasteiger partial charge on any atom is -0.488 e. The lowest BCUT2D eigenvalue weighted by Gasteiger charge is -2.30. The second-order valence-corrected chi connectivity index (χ2v) is 9.45. The summed E-state index contributed by atoms with van der Waals surface area (Å²) in [7, 11) is -3.94. The van der Waals surface area contributed by atoms with Gasteiger partial charge < -0.3 is 9.47 Å². The van der Waals surface area contributed by atoms with E-state index in [9.17, 15) is 17.6 Å². The summed E-state index contributed by atoms with van der Waals surface area (Å²) >= 11 is 11.8. The molecule has 0 spiro atoms. The third-order valence-corrected chi connectivity index (χ3v) is 7.18. The first-order chi connectivity index (χ1) is 14.3. The number of nitrogens with zero attached hydrogens (tertiary/aromatic N) is 1. The summed E-state index contributed by atoms with van der Waals surface area (Å²) in [5, 5.41) is 0.847. The molecule has 0 aliphatic carbocycles. The van der Waals surface area contributed by atoms with Gasteiger partial charge in [-0.25, -0.2) is 12.8 Å². The fourth-order valence-corrected chi connectivity index (χ4v) is 5.13. The molecular formula is C20H20Cl2FNO5S. The molecule has 3 rings (SSSR count). The highest BCUT2D eigenvalue weighted by molar-refractivity contribution is 7.89. The highest BCUT2D eigenvalue weighted by Crippen LogP contribution is 2.28. The summed E-state index contributed by atoms with van der Waals surface area (Å²) in [6, 6.07) is 10.1. The minimum atomic E-state index is -3.94. The molecular weight excluding hydrogens is 456 g/mol. The third-order valence-electron chi connectivity index (χ3n) is 4.72. The summed E-state index contributed by atoms with van der Waals surface area (Å²) < 4.78 is 51.0. The predicted octanol–water partition coefficient (Wildman–Crippen LogP) is 4.16. The standard InChI is InChI=1S/C20H20Cl2FNO5S/c21-15-5-6-18(16(22)13-15)28-11-12-29-20(25)14-7-9-24(10-8-14)30(26,27)19-4-2-1-3-17(19)23/h1-6,13-14H,7-12H2. The summed E-state index contributed by atoms with van der Waals surface area (Å²) in [4.78, 5) is 11.9. The van der Waals surface area contributed by atoms with Gasteiger partial charge in [0.2, 0.25) is 10.0 Å². The predicted molar refractivity (Wildman–Crippen MR) is 111 cm³/mol. The first-order valence-corrected chi connectivity index (χ1v) is 11.5. The van der Waals surface area contributed by atoms with E-state index in [4.69, 9.17) is 32.7 Å². The maximum absolute atomic E-state index is 13.9. The zero-order valence-corrected chi connectivity index (χ0v) is 18.2. The van der Waals surface area contributed by atoms with Gasteiger partial charge in [-0.3, -0.25) is 4.79 Å². The van der Waals surface area contributed by atoms with Crippen LogP contribution in [0, 0.1) is 11.7 Å². The van der Waals surface area contributed by atoms with E-state index in [-0.39, 0.29) is 31.2 Å². The van der Waals surface area contributed by atoms with Crippen LogP contribution in [0.5, 0.6) is 5.75 Å². The molecule has 0 aromatic heterocycles. The molecule has 1 aliphatic heterocycles. The smallest absolute Gasteiger partial charge is 0.309 e. The topological polar surface area (TPSA) is 72.9 Å². The van der Waals surface area contributed by atoms with Crippen LogP contribution in [-0.2, 0) is 19.6 Å². The van der Waals surface area contributed by atoms with Crippen LogP contribution < -0.4 is 4.74 Å². The molecule has 0 N–H and O–H groups in total. The van der Waals surface area contributed by atoms with E-state index in [0.717, 1.165) is 6.07 Å². The number of hydrogen-bond donors (Lipinski definition) is 0. The molecule has 2 aromatic rings.